The van der Waals surface area contributed by atoms with Crippen molar-refractivity contribution < 1.29 is 23.5 Å². The van der Waals surface area contributed by atoms with Crippen molar-refractivity contribution in [3.63, 3.8) is 0 Å². The maximum Gasteiger partial charge on any atom is 0.330 e. The molecule has 1 aliphatic heterocycles. The highest BCUT2D eigenvalue weighted by molar-refractivity contribution is 7.53. The Kier molecular flexibility index (Phi) is 5.99. The number of methoxy groups -OCH3 is 1. The molecule has 1 saturated heterocycles. The van der Waals surface area contributed by atoms with Crippen LogP contribution in [0.1, 0.15) is 33.6 Å². The van der Waals surface area contributed by atoms with Gasteiger partial charge in [-0.3, -0.25) is 9.36 Å². The average molecular weight is 293 g/mol. The number of hydrogen-bond acceptors (Lipinski definition) is 4. The van der Waals surface area contributed by atoms with Crippen LogP contribution in [-0.2, 0) is 18.6 Å². The monoisotopic (exact) mass is 293 g/mol. The van der Waals surface area contributed by atoms with Crippen LogP contribution >= 0.6 is 7.60 Å². The van der Waals surface area contributed by atoms with Gasteiger partial charge in [0.25, 0.3) is 0 Å². The summed E-state index contributed by atoms with van der Waals surface area (Å²) in [5, 5.41) is 0. The molecule has 6 nitrogen and oxygen atoms in total. The average Bonchev–Trinajstić information content (AvgIpc) is 2.78. The second-order valence-corrected chi connectivity index (χ2v) is 7.52. The van der Waals surface area contributed by atoms with E-state index in [1.807, 2.05) is 0 Å². The van der Waals surface area contributed by atoms with Crippen molar-refractivity contribution in [3.8, 4) is 0 Å². The van der Waals surface area contributed by atoms with E-state index in [0.717, 1.165) is 0 Å². The molecule has 0 aliphatic carbocycles. The Balaban J connectivity index is 2.64. The predicted molar refractivity (Wildman–Crippen MR) is 72.1 cm³/mol. The zero-order valence-electron chi connectivity index (χ0n) is 12.0. The molecule has 7 heteroatoms. The van der Waals surface area contributed by atoms with Gasteiger partial charge in [0.1, 0.15) is 0 Å². The van der Waals surface area contributed by atoms with Crippen molar-refractivity contribution in [2.45, 2.75) is 51.4 Å². The molecule has 0 radical (unpaired) electrons. The fourth-order valence-corrected chi connectivity index (χ4v) is 2.74. The summed E-state index contributed by atoms with van der Waals surface area (Å²) in [5.41, 5.74) is -0.442. The summed E-state index contributed by atoms with van der Waals surface area (Å²) in [5.74, 6) is 0.0190. The van der Waals surface area contributed by atoms with Crippen LogP contribution in [0.5, 0.6) is 0 Å². The van der Waals surface area contributed by atoms with Crippen LogP contribution in [0.2, 0.25) is 0 Å². The summed E-state index contributed by atoms with van der Waals surface area (Å²) in [6, 6.07) is -0.184. The molecular weight excluding hydrogens is 269 g/mol. The molecule has 1 heterocycles. The molecule has 0 aromatic carbocycles. The van der Waals surface area contributed by atoms with Crippen molar-refractivity contribution in [2.75, 3.05) is 20.3 Å². The molecule has 1 rings (SSSR count). The maximum atomic E-state index is 11.8. The van der Waals surface area contributed by atoms with E-state index in [9.17, 15) is 14.3 Å². The number of likely N-dealkylation sites (tertiary alicyclic amines) is 1. The van der Waals surface area contributed by atoms with Crippen LogP contribution in [0.25, 0.3) is 0 Å². The first-order valence-electron chi connectivity index (χ1n) is 6.61. The second kappa shape index (κ2) is 6.84. The summed E-state index contributed by atoms with van der Waals surface area (Å²) >= 11 is 0. The lowest BCUT2D eigenvalue weighted by molar-refractivity contribution is -0.132. The fourth-order valence-electron chi connectivity index (χ4n) is 2.05. The summed E-state index contributed by atoms with van der Waals surface area (Å²) in [7, 11) is -1.98. The lowest BCUT2D eigenvalue weighted by Crippen LogP contribution is -2.38. The quantitative estimate of drug-likeness (QED) is 0.753. The number of amides is 1. The lowest BCUT2D eigenvalue weighted by atomic mass is 10.2. The molecule has 1 amide bonds. The van der Waals surface area contributed by atoms with Gasteiger partial charge in [-0.1, -0.05) is 20.8 Å². The van der Waals surface area contributed by atoms with Gasteiger partial charge in [0.2, 0.25) is 5.91 Å². The number of carbonyl (C=O) groups is 1. The predicted octanol–water partition coefficient (Wildman–Crippen LogP) is 1.62. The highest BCUT2D eigenvalue weighted by Gasteiger charge is 2.36. The minimum Gasteiger partial charge on any atom is -0.380 e. The third-order valence-corrected chi connectivity index (χ3v) is 5.26. The van der Waals surface area contributed by atoms with E-state index in [2.05, 4.69) is 0 Å². The van der Waals surface area contributed by atoms with Crippen LogP contribution in [-0.4, -0.2) is 53.8 Å². The summed E-state index contributed by atoms with van der Waals surface area (Å²) in [6.45, 7) is 5.68. The first-order valence-corrected chi connectivity index (χ1v) is 8.25. The third-order valence-electron chi connectivity index (χ3n) is 3.44. The van der Waals surface area contributed by atoms with Gasteiger partial charge in [-0.2, -0.15) is 0 Å². The molecule has 3 unspecified atom stereocenters. The Morgan fingerprint density at radius 3 is 2.63 bits per heavy atom. The van der Waals surface area contributed by atoms with Crippen molar-refractivity contribution in [3.05, 3.63) is 0 Å². The topological polar surface area (TPSA) is 76.1 Å². The second-order valence-electron chi connectivity index (χ2n) is 5.10. The van der Waals surface area contributed by atoms with Crippen LogP contribution in [0.15, 0.2) is 0 Å². The summed E-state index contributed by atoms with van der Waals surface area (Å²) in [6.07, 6.45) is 1.02. The Labute approximate surface area is 114 Å². The van der Waals surface area contributed by atoms with Crippen molar-refractivity contribution in [1.29, 1.82) is 0 Å². The fraction of sp³-hybridized carbons (Fsp3) is 0.917. The molecule has 0 spiro atoms. The molecule has 0 bridgehead atoms. The van der Waals surface area contributed by atoms with Gasteiger partial charge < -0.3 is 19.1 Å². The molecular formula is C12H24NO5P. The number of carbonyl (C=O) groups excluding carboxylic acids is 1. The number of ether oxygens (including phenoxy) is 1. The molecule has 1 N–H and O–H groups in total. The largest absolute Gasteiger partial charge is 0.380 e. The van der Waals surface area contributed by atoms with Crippen LogP contribution in [0.4, 0.5) is 0 Å². The molecule has 0 saturated carbocycles. The zero-order valence-corrected chi connectivity index (χ0v) is 12.9. The smallest absolute Gasteiger partial charge is 0.330 e. The Bertz CT molecular complexity index is 360. The van der Waals surface area contributed by atoms with Crippen LogP contribution in [0.3, 0.4) is 0 Å². The normalized spacial score (nSPS) is 26.7. The number of rotatable bonds is 6. The van der Waals surface area contributed by atoms with Gasteiger partial charge in [0, 0.05) is 20.1 Å². The van der Waals surface area contributed by atoms with E-state index in [0.29, 0.717) is 19.4 Å². The molecule has 1 aliphatic rings. The third kappa shape index (κ3) is 4.28. The molecule has 1 fully saturated rings. The minimum absolute atomic E-state index is 0.0190. The summed E-state index contributed by atoms with van der Waals surface area (Å²) in [4.78, 5) is 23.2. The zero-order chi connectivity index (χ0) is 14.6. The highest BCUT2D eigenvalue weighted by atomic mass is 31.2. The van der Waals surface area contributed by atoms with Crippen LogP contribution < -0.4 is 0 Å². The van der Waals surface area contributed by atoms with Crippen LogP contribution in [0, 0.1) is 0 Å². The van der Waals surface area contributed by atoms with E-state index >= 15 is 0 Å². The van der Waals surface area contributed by atoms with E-state index < -0.39 is 13.3 Å². The lowest BCUT2D eigenvalue weighted by Gasteiger charge is -2.25. The first-order chi connectivity index (χ1) is 8.81. The Hall–Kier alpha value is -0.420. The van der Waals surface area contributed by atoms with Gasteiger partial charge in [-0.15, -0.1) is 0 Å². The van der Waals surface area contributed by atoms with E-state index in [4.69, 9.17) is 9.26 Å². The number of hydrogen-bond donors (Lipinski definition) is 1. The molecule has 0 aromatic heterocycles. The van der Waals surface area contributed by atoms with Gasteiger partial charge >= 0.3 is 7.60 Å². The van der Waals surface area contributed by atoms with Gasteiger partial charge in [-0.25, -0.2) is 0 Å². The molecule has 3 atom stereocenters. The van der Waals surface area contributed by atoms with E-state index in [1.165, 1.54) is 0 Å². The minimum atomic E-state index is -3.59. The van der Waals surface area contributed by atoms with Crippen molar-refractivity contribution in [1.82, 2.24) is 4.90 Å². The first kappa shape index (κ1) is 16.6. The van der Waals surface area contributed by atoms with Crippen molar-refractivity contribution >= 4 is 13.5 Å². The van der Waals surface area contributed by atoms with E-state index in [-0.39, 0.29) is 24.7 Å². The maximum absolute atomic E-state index is 11.8. The number of nitrogens with zero attached hydrogens (tertiary/aromatic N) is 1. The van der Waals surface area contributed by atoms with Crippen molar-refractivity contribution in [2.24, 2.45) is 0 Å². The van der Waals surface area contributed by atoms with E-state index in [1.54, 1.807) is 32.8 Å². The molecule has 0 aromatic rings. The van der Waals surface area contributed by atoms with Gasteiger partial charge in [0.15, 0.2) is 0 Å². The van der Waals surface area contributed by atoms with Gasteiger partial charge in [0.05, 0.1) is 24.4 Å². The SMILES string of the molecule is CCC(=O)N1CC(OC)CC1COP(=O)(O)C(C)C. The molecule has 112 valence electrons. The highest BCUT2D eigenvalue weighted by Crippen LogP contribution is 2.47. The molecule has 19 heavy (non-hydrogen) atoms. The standard InChI is InChI=1S/C12H24NO5P/c1-5-12(14)13-7-11(17-4)6-10(13)8-18-19(15,16)9(2)3/h9-11H,5-8H2,1-4H3,(H,15,16). The Morgan fingerprint density at radius 1 is 1.53 bits per heavy atom. The Morgan fingerprint density at radius 2 is 2.16 bits per heavy atom. The summed E-state index contributed by atoms with van der Waals surface area (Å²) < 4.78 is 22.2. The van der Waals surface area contributed by atoms with Gasteiger partial charge in [-0.05, 0) is 6.42 Å².